The second-order valence-corrected chi connectivity index (χ2v) is 7.62. The van der Waals surface area contributed by atoms with Crippen LogP contribution in [0.15, 0.2) is 18.2 Å². The van der Waals surface area contributed by atoms with Gasteiger partial charge in [0, 0.05) is 35.6 Å². The van der Waals surface area contributed by atoms with Crippen LogP contribution in [0.3, 0.4) is 0 Å². The predicted molar refractivity (Wildman–Crippen MR) is 106 cm³/mol. The zero-order valence-electron chi connectivity index (χ0n) is 15.6. The Hall–Kier alpha value is -1.83. The predicted octanol–water partition coefficient (Wildman–Crippen LogP) is 3.51. The van der Waals surface area contributed by atoms with E-state index in [-0.39, 0.29) is 24.9 Å². The van der Waals surface area contributed by atoms with Crippen LogP contribution in [0.25, 0.3) is 0 Å². The third-order valence-corrected chi connectivity index (χ3v) is 4.94. The van der Waals surface area contributed by atoms with Gasteiger partial charge in [-0.1, -0.05) is 30.1 Å². The number of halogens is 2. The molecule has 1 aromatic carbocycles. The minimum Gasteiger partial charge on any atom is -0.480 e. The molecule has 0 bridgehead atoms. The first-order valence-corrected chi connectivity index (χ1v) is 9.94. The summed E-state index contributed by atoms with van der Waals surface area (Å²) < 4.78 is 5.30. The van der Waals surface area contributed by atoms with Crippen LogP contribution >= 0.6 is 23.2 Å². The van der Waals surface area contributed by atoms with E-state index in [2.05, 4.69) is 5.32 Å². The summed E-state index contributed by atoms with van der Waals surface area (Å²) in [6.45, 7) is 2.73. The van der Waals surface area contributed by atoms with Crippen molar-refractivity contribution in [2.24, 2.45) is 0 Å². The molecule has 0 saturated carbocycles. The number of aliphatic carboxylic acids is 1. The van der Waals surface area contributed by atoms with Gasteiger partial charge in [-0.15, -0.1) is 0 Å². The number of benzene rings is 1. The van der Waals surface area contributed by atoms with Crippen LogP contribution in [-0.4, -0.2) is 53.0 Å². The molecular weight excluding hydrogens is 407 g/mol. The SMILES string of the molecule is CCCC(=O)C(NC1CCN(C(=O)OCc2cc(Cl)cc(Cl)c2)CC1)C(=O)O. The van der Waals surface area contributed by atoms with Crippen molar-refractivity contribution >= 4 is 41.0 Å². The van der Waals surface area contributed by atoms with E-state index in [0.29, 0.717) is 48.0 Å². The maximum atomic E-state index is 12.2. The Bertz CT molecular complexity index is 700. The largest absolute Gasteiger partial charge is 0.480 e. The number of amides is 1. The monoisotopic (exact) mass is 430 g/mol. The molecule has 2 N–H and O–H groups in total. The van der Waals surface area contributed by atoms with Gasteiger partial charge in [-0.2, -0.15) is 0 Å². The fourth-order valence-corrected chi connectivity index (χ4v) is 3.66. The molecule has 0 radical (unpaired) electrons. The number of likely N-dealkylation sites (tertiary alicyclic amines) is 1. The van der Waals surface area contributed by atoms with E-state index in [9.17, 15) is 19.5 Å². The number of hydrogen-bond donors (Lipinski definition) is 2. The summed E-state index contributed by atoms with van der Waals surface area (Å²) in [6.07, 6.45) is 1.46. The van der Waals surface area contributed by atoms with E-state index in [1.54, 1.807) is 23.1 Å². The van der Waals surface area contributed by atoms with Gasteiger partial charge in [0.15, 0.2) is 11.8 Å². The van der Waals surface area contributed by atoms with Crippen LogP contribution in [0.5, 0.6) is 0 Å². The Balaban J connectivity index is 1.81. The summed E-state index contributed by atoms with van der Waals surface area (Å²) >= 11 is 11.9. The van der Waals surface area contributed by atoms with Gasteiger partial charge in [0.25, 0.3) is 0 Å². The van der Waals surface area contributed by atoms with Crippen LogP contribution in [-0.2, 0) is 20.9 Å². The lowest BCUT2D eigenvalue weighted by Crippen LogP contribution is -2.52. The topological polar surface area (TPSA) is 95.9 Å². The number of carbonyl (C=O) groups excluding carboxylic acids is 2. The molecule has 2 rings (SSSR count). The molecule has 0 aliphatic carbocycles. The molecule has 0 spiro atoms. The lowest BCUT2D eigenvalue weighted by atomic mass is 10.0. The summed E-state index contributed by atoms with van der Waals surface area (Å²) in [6, 6.07) is 3.61. The number of nitrogens with one attached hydrogen (secondary N) is 1. The third-order valence-electron chi connectivity index (χ3n) is 4.51. The fourth-order valence-electron chi connectivity index (χ4n) is 3.09. The molecule has 1 aliphatic heterocycles. The molecule has 0 aromatic heterocycles. The van der Waals surface area contributed by atoms with E-state index < -0.39 is 18.1 Å². The van der Waals surface area contributed by atoms with Gasteiger partial charge in [0.2, 0.25) is 0 Å². The molecule has 1 fully saturated rings. The van der Waals surface area contributed by atoms with Gasteiger partial charge in [0.05, 0.1) is 0 Å². The highest BCUT2D eigenvalue weighted by molar-refractivity contribution is 6.34. The minimum atomic E-state index is -1.20. The number of Topliss-reactive ketones (excluding diaryl/α,β-unsaturated/α-hetero) is 1. The number of nitrogens with zero attached hydrogens (tertiary/aromatic N) is 1. The standard InChI is InChI=1S/C19H24Cl2N2O5/c1-2-3-16(24)17(18(25)26)22-15-4-6-23(7-5-15)19(27)28-11-12-8-13(20)10-14(21)9-12/h8-10,15,17,22H,2-7,11H2,1H3,(H,25,26). The molecule has 1 heterocycles. The number of rotatable bonds is 8. The zero-order chi connectivity index (χ0) is 20.7. The number of ketones is 1. The first-order chi connectivity index (χ1) is 13.3. The van der Waals surface area contributed by atoms with Crippen LogP contribution < -0.4 is 5.32 Å². The quantitative estimate of drug-likeness (QED) is 0.612. The van der Waals surface area contributed by atoms with Crippen molar-refractivity contribution in [2.45, 2.75) is 51.3 Å². The lowest BCUT2D eigenvalue weighted by Gasteiger charge is -2.33. The number of carboxylic acids is 1. The first-order valence-electron chi connectivity index (χ1n) is 9.18. The Kier molecular flexibility index (Phi) is 8.54. The lowest BCUT2D eigenvalue weighted by molar-refractivity contribution is -0.143. The molecular formula is C19H24Cl2N2O5. The van der Waals surface area contributed by atoms with Gasteiger partial charge in [-0.3, -0.25) is 14.9 Å². The number of piperidine rings is 1. The van der Waals surface area contributed by atoms with E-state index in [1.807, 2.05) is 6.92 Å². The van der Waals surface area contributed by atoms with E-state index >= 15 is 0 Å². The fraction of sp³-hybridized carbons (Fsp3) is 0.526. The Morgan fingerprint density at radius 2 is 1.82 bits per heavy atom. The summed E-state index contributed by atoms with van der Waals surface area (Å²) in [5, 5.41) is 13.1. The Labute approximate surface area is 173 Å². The van der Waals surface area contributed by atoms with Crippen molar-refractivity contribution in [2.75, 3.05) is 13.1 Å². The van der Waals surface area contributed by atoms with Crippen molar-refractivity contribution in [1.29, 1.82) is 0 Å². The molecule has 154 valence electrons. The average Bonchev–Trinajstić information content (AvgIpc) is 2.63. The van der Waals surface area contributed by atoms with E-state index in [0.717, 1.165) is 0 Å². The zero-order valence-corrected chi connectivity index (χ0v) is 17.1. The second-order valence-electron chi connectivity index (χ2n) is 6.75. The number of carbonyl (C=O) groups is 3. The molecule has 1 amide bonds. The minimum absolute atomic E-state index is 0.0594. The van der Waals surface area contributed by atoms with Crippen molar-refractivity contribution < 1.29 is 24.2 Å². The van der Waals surface area contributed by atoms with Gasteiger partial charge in [-0.25, -0.2) is 4.79 Å². The molecule has 1 aromatic rings. The molecule has 1 aliphatic rings. The van der Waals surface area contributed by atoms with Gasteiger partial charge in [0.1, 0.15) is 6.61 Å². The molecule has 1 atom stereocenters. The van der Waals surface area contributed by atoms with Crippen LogP contribution in [0.4, 0.5) is 4.79 Å². The number of carboxylic acid groups (broad SMARTS) is 1. The van der Waals surface area contributed by atoms with Crippen LogP contribution in [0, 0.1) is 0 Å². The molecule has 28 heavy (non-hydrogen) atoms. The first kappa shape index (κ1) is 22.5. The summed E-state index contributed by atoms with van der Waals surface area (Å²) in [5.74, 6) is -1.49. The van der Waals surface area contributed by atoms with Crippen LogP contribution in [0.1, 0.15) is 38.2 Å². The van der Waals surface area contributed by atoms with E-state index in [4.69, 9.17) is 27.9 Å². The van der Waals surface area contributed by atoms with Gasteiger partial charge in [-0.05, 0) is 43.0 Å². The molecule has 9 heteroatoms. The normalized spacial score (nSPS) is 15.9. The smallest absolute Gasteiger partial charge is 0.410 e. The van der Waals surface area contributed by atoms with Crippen LogP contribution in [0.2, 0.25) is 10.0 Å². The maximum Gasteiger partial charge on any atom is 0.410 e. The Morgan fingerprint density at radius 1 is 1.21 bits per heavy atom. The number of ether oxygens (including phenoxy) is 1. The van der Waals surface area contributed by atoms with Gasteiger partial charge >= 0.3 is 12.1 Å². The third kappa shape index (κ3) is 6.65. The second kappa shape index (κ2) is 10.6. The average molecular weight is 431 g/mol. The van der Waals surface area contributed by atoms with E-state index in [1.165, 1.54) is 0 Å². The molecule has 7 nitrogen and oxygen atoms in total. The van der Waals surface area contributed by atoms with Crippen molar-refractivity contribution in [3.63, 3.8) is 0 Å². The maximum absolute atomic E-state index is 12.2. The summed E-state index contributed by atoms with van der Waals surface area (Å²) in [5.41, 5.74) is 0.695. The summed E-state index contributed by atoms with van der Waals surface area (Å²) in [4.78, 5) is 37.1. The highest BCUT2D eigenvalue weighted by atomic mass is 35.5. The highest BCUT2D eigenvalue weighted by Crippen LogP contribution is 2.20. The number of hydrogen-bond acceptors (Lipinski definition) is 5. The molecule has 1 saturated heterocycles. The van der Waals surface area contributed by atoms with Gasteiger partial charge < -0.3 is 14.7 Å². The van der Waals surface area contributed by atoms with Crippen molar-refractivity contribution in [3.8, 4) is 0 Å². The highest BCUT2D eigenvalue weighted by Gasteiger charge is 2.31. The summed E-state index contributed by atoms with van der Waals surface area (Å²) in [7, 11) is 0. The van der Waals surface area contributed by atoms with Crippen molar-refractivity contribution in [1.82, 2.24) is 10.2 Å². The molecule has 1 unspecified atom stereocenters. The van der Waals surface area contributed by atoms with Crippen molar-refractivity contribution in [3.05, 3.63) is 33.8 Å². The Morgan fingerprint density at radius 3 is 2.36 bits per heavy atom.